The molecule has 0 unspecified atom stereocenters. The third-order valence-corrected chi connectivity index (χ3v) is 7.96. The van der Waals surface area contributed by atoms with Crippen molar-refractivity contribution >= 4 is 33.2 Å². The average Bonchev–Trinajstić information content (AvgIpc) is 2.85. The van der Waals surface area contributed by atoms with E-state index in [4.69, 9.17) is 0 Å². The number of alkyl halides is 3. The van der Waals surface area contributed by atoms with Crippen molar-refractivity contribution in [1.82, 2.24) is 19.2 Å². The molecule has 1 aliphatic rings. The van der Waals surface area contributed by atoms with Crippen LogP contribution in [0.5, 0.6) is 0 Å². The molecule has 0 amide bonds. The van der Waals surface area contributed by atoms with Gasteiger partial charge in [-0.3, -0.25) is 4.90 Å². The third-order valence-electron chi connectivity index (χ3n) is 6.03. The number of likely N-dealkylation sites (tertiary alicyclic amines) is 1. The maximum atomic E-state index is 13.1. The molecule has 1 aliphatic heterocycles. The van der Waals surface area contributed by atoms with Crippen molar-refractivity contribution in [1.29, 1.82) is 0 Å². The molecule has 0 atom stereocenters. The Morgan fingerprint density at radius 1 is 0.973 bits per heavy atom. The molecule has 1 aromatic heterocycles. The number of halogens is 4. The molecule has 2 N–H and O–H groups in total. The predicted octanol–water partition coefficient (Wildman–Crippen LogP) is 4.75. The quantitative estimate of drug-likeness (QED) is 0.400. The van der Waals surface area contributed by atoms with E-state index < -0.39 is 22.7 Å². The van der Waals surface area contributed by atoms with Gasteiger partial charge >= 0.3 is 6.18 Å². The monoisotopic (exact) mass is 538 g/mol. The highest BCUT2D eigenvalue weighted by Crippen LogP contribution is 2.26. The molecule has 2 aromatic carbocycles. The van der Waals surface area contributed by atoms with Crippen LogP contribution in [0.2, 0.25) is 0 Å². The summed E-state index contributed by atoms with van der Waals surface area (Å²) in [5.74, 6) is 0.398. The Morgan fingerprint density at radius 3 is 2.19 bits per heavy atom. The zero-order chi connectivity index (χ0) is 26.6. The molecule has 2 heterocycles. The lowest BCUT2D eigenvalue weighted by atomic mass is 10.1. The van der Waals surface area contributed by atoms with Crippen molar-refractivity contribution in [2.75, 3.05) is 37.3 Å². The van der Waals surface area contributed by atoms with E-state index in [0.717, 1.165) is 0 Å². The van der Waals surface area contributed by atoms with Crippen LogP contribution in [0.4, 0.5) is 40.7 Å². The van der Waals surface area contributed by atoms with E-state index in [2.05, 4.69) is 20.6 Å². The second kappa shape index (κ2) is 11.0. The van der Waals surface area contributed by atoms with E-state index in [9.17, 15) is 26.0 Å². The van der Waals surface area contributed by atoms with Crippen LogP contribution in [0.1, 0.15) is 12.8 Å². The van der Waals surface area contributed by atoms with Gasteiger partial charge in [-0.1, -0.05) is 0 Å². The van der Waals surface area contributed by atoms with Crippen molar-refractivity contribution in [3.8, 4) is 0 Å². The largest absolute Gasteiger partial charge is 0.401 e. The van der Waals surface area contributed by atoms with Crippen molar-refractivity contribution in [3.05, 3.63) is 66.6 Å². The van der Waals surface area contributed by atoms with Crippen molar-refractivity contribution < 1.29 is 26.0 Å². The Hall–Kier alpha value is -3.29. The maximum absolute atomic E-state index is 13.1. The number of hydrogen-bond acceptors (Lipinski definition) is 7. The summed E-state index contributed by atoms with van der Waals surface area (Å²) in [4.78, 5) is 9.87. The minimum atomic E-state index is -4.27. The molecule has 4 rings (SSSR count). The summed E-state index contributed by atoms with van der Waals surface area (Å²) >= 11 is 0. The van der Waals surface area contributed by atoms with Gasteiger partial charge in [0.15, 0.2) is 0 Å². The number of sulfonamides is 1. The van der Waals surface area contributed by atoms with Gasteiger partial charge < -0.3 is 10.6 Å². The van der Waals surface area contributed by atoms with Crippen molar-refractivity contribution in [2.45, 2.75) is 30.0 Å². The first kappa shape index (κ1) is 26.8. The Morgan fingerprint density at radius 2 is 1.57 bits per heavy atom. The van der Waals surface area contributed by atoms with E-state index in [0.29, 0.717) is 30.0 Å². The normalized spacial score (nSPS) is 15.6. The Balaban J connectivity index is 1.37. The molecule has 0 saturated carbocycles. The number of piperidine rings is 1. The number of hydrogen-bond donors (Lipinski definition) is 2. The average molecular weight is 539 g/mol. The van der Waals surface area contributed by atoms with Crippen LogP contribution in [0, 0.1) is 5.82 Å². The van der Waals surface area contributed by atoms with Gasteiger partial charge in [-0.15, -0.1) is 0 Å². The number of nitrogens with zero attached hydrogens (tertiary/aromatic N) is 4. The molecule has 8 nitrogen and oxygen atoms in total. The van der Waals surface area contributed by atoms with Gasteiger partial charge in [-0.05, 0) is 67.4 Å². The van der Waals surface area contributed by atoms with E-state index >= 15 is 0 Å². The molecular formula is C24H26F4N6O2S. The third kappa shape index (κ3) is 7.14. The van der Waals surface area contributed by atoms with Gasteiger partial charge in [-0.25, -0.2) is 17.8 Å². The summed E-state index contributed by atoms with van der Waals surface area (Å²) in [6.07, 6.45) is -2.09. The minimum absolute atomic E-state index is 0.0749. The fraction of sp³-hybridized carbons (Fsp3) is 0.333. The molecule has 198 valence electrons. The van der Waals surface area contributed by atoms with Crippen molar-refractivity contribution in [2.24, 2.45) is 0 Å². The Kier molecular flexibility index (Phi) is 7.95. The summed E-state index contributed by atoms with van der Waals surface area (Å²) in [6.45, 7) is -0.622. The van der Waals surface area contributed by atoms with Crippen LogP contribution in [0.25, 0.3) is 0 Å². The molecule has 1 fully saturated rings. The van der Waals surface area contributed by atoms with E-state index in [1.54, 1.807) is 30.3 Å². The zero-order valence-electron chi connectivity index (χ0n) is 19.9. The topological polar surface area (TPSA) is 90.5 Å². The van der Waals surface area contributed by atoms with E-state index in [-0.39, 0.29) is 35.8 Å². The van der Waals surface area contributed by atoms with Gasteiger partial charge in [0.1, 0.15) is 11.6 Å². The first-order chi connectivity index (χ1) is 17.5. The molecule has 0 bridgehead atoms. The van der Waals surface area contributed by atoms with Crippen LogP contribution in [-0.4, -0.2) is 66.5 Å². The molecule has 0 aliphatic carbocycles. The van der Waals surface area contributed by atoms with E-state index in [1.165, 1.54) is 46.7 Å². The standard InChI is InChI=1S/C24H26F4N6O2S/c1-33(20-11-14-34(15-12-20)16-24(26,27)28)37(35,36)21-8-6-19(7-9-21)31-23-29-13-10-22(32-23)30-18-4-2-17(25)3-5-18/h2-10,13,20H,11-12,14-16H2,1H3,(H2,29,30,31,32). The van der Waals surface area contributed by atoms with Gasteiger partial charge in [0.05, 0.1) is 11.4 Å². The smallest absolute Gasteiger partial charge is 0.340 e. The maximum Gasteiger partial charge on any atom is 0.401 e. The summed E-state index contributed by atoms with van der Waals surface area (Å²) in [5.41, 5.74) is 1.21. The number of aromatic nitrogens is 2. The lowest BCUT2D eigenvalue weighted by Gasteiger charge is -2.36. The van der Waals surface area contributed by atoms with Gasteiger partial charge in [0.25, 0.3) is 0 Å². The van der Waals surface area contributed by atoms with Crippen LogP contribution in [-0.2, 0) is 10.0 Å². The fourth-order valence-electron chi connectivity index (χ4n) is 4.07. The molecule has 13 heteroatoms. The summed E-state index contributed by atoms with van der Waals surface area (Å²) in [5, 5.41) is 6.05. The van der Waals surface area contributed by atoms with Gasteiger partial charge in [0.2, 0.25) is 16.0 Å². The molecular weight excluding hydrogens is 512 g/mol. The molecule has 37 heavy (non-hydrogen) atoms. The number of rotatable bonds is 8. The van der Waals surface area contributed by atoms with Gasteiger partial charge in [0, 0.05) is 43.8 Å². The Labute approximate surface area is 212 Å². The SMILES string of the molecule is CN(C1CCN(CC(F)(F)F)CC1)S(=O)(=O)c1ccc(Nc2nccc(Nc3ccc(F)cc3)n2)cc1. The van der Waals surface area contributed by atoms with Crippen LogP contribution in [0.15, 0.2) is 65.7 Å². The molecule has 1 saturated heterocycles. The highest BCUT2D eigenvalue weighted by atomic mass is 32.2. The zero-order valence-corrected chi connectivity index (χ0v) is 20.7. The van der Waals surface area contributed by atoms with Crippen LogP contribution in [0.3, 0.4) is 0 Å². The molecule has 3 aromatic rings. The predicted molar refractivity (Wildman–Crippen MR) is 132 cm³/mol. The number of anilines is 4. The molecule has 0 spiro atoms. The second-order valence-corrected chi connectivity index (χ2v) is 10.7. The summed E-state index contributed by atoms with van der Waals surface area (Å²) in [6, 6.07) is 13.1. The second-order valence-electron chi connectivity index (χ2n) is 8.69. The van der Waals surface area contributed by atoms with Crippen LogP contribution < -0.4 is 10.6 Å². The van der Waals surface area contributed by atoms with Gasteiger partial charge in [-0.2, -0.15) is 22.5 Å². The lowest BCUT2D eigenvalue weighted by molar-refractivity contribution is -0.148. The first-order valence-corrected chi connectivity index (χ1v) is 12.9. The minimum Gasteiger partial charge on any atom is -0.340 e. The van der Waals surface area contributed by atoms with E-state index in [1.807, 2.05) is 0 Å². The van der Waals surface area contributed by atoms with Crippen molar-refractivity contribution in [3.63, 3.8) is 0 Å². The van der Waals surface area contributed by atoms with Crippen LogP contribution >= 0.6 is 0 Å². The number of benzene rings is 2. The molecule has 0 radical (unpaired) electrons. The highest BCUT2D eigenvalue weighted by Gasteiger charge is 2.35. The number of nitrogens with one attached hydrogen (secondary N) is 2. The summed E-state index contributed by atoms with van der Waals surface area (Å²) < 4.78 is 78.4. The first-order valence-electron chi connectivity index (χ1n) is 11.5. The lowest BCUT2D eigenvalue weighted by Crippen LogP contribution is -2.47. The fourth-order valence-corrected chi connectivity index (χ4v) is 5.48. The Bertz CT molecular complexity index is 1300. The summed E-state index contributed by atoms with van der Waals surface area (Å²) in [7, 11) is -2.37. The highest BCUT2D eigenvalue weighted by molar-refractivity contribution is 7.89.